The van der Waals surface area contributed by atoms with Crippen LogP contribution < -0.4 is 0 Å². The first-order valence-corrected chi connectivity index (χ1v) is 39.8. The molecule has 528 valence electrons. The molecule has 0 aliphatic carbocycles. The molecular weight excluding hydrogens is 1170 g/mol. The van der Waals surface area contributed by atoms with Gasteiger partial charge in [-0.05, 0) is 25.7 Å². The average molecular weight is 1310 g/mol. The number of phosphoric acid groups is 2. The minimum atomic E-state index is -4.95. The number of carbonyl (C=O) groups excluding carboxylic acids is 4. The molecule has 0 aliphatic heterocycles. The lowest BCUT2D eigenvalue weighted by Crippen LogP contribution is -2.30. The van der Waals surface area contributed by atoms with Crippen molar-refractivity contribution >= 4 is 39.5 Å². The van der Waals surface area contributed by atoms with Gasteiger partial charge in [-0.1, -0.05) is 317 Å². The summed E-state index contributed by atoms with van der Waals surface area (Å²) in [6, 6.07) is 0. The Labute approximate surface area is 543 Å². The van der Waals surface area contributed by atoms with E-state index in [1.54, 1.807) is 0 Å². The van der Waals surface area contributed by atoms with Gasteiger partial charge >= 0.3 is 39.5 Å². The van der Waals surface area contributed by atoms with Gasteiger partial charge in [0.05, 0.1) is 26.4 Å². The first-order valence-electron chi connectivity index (χ1n) is 36.8. The van der Waals surface area contributed by atoms with Crippen LogP contribution in [0.1, 0.15) is 368 Å². The Hall–Kier alpha value is -1.94. The summed E-state index contributed by atoms with van der Waals surface area (Å²) in [6.45, 7) is 4.88. The largest absolute Gasteiger partial charge is 0.472 e. The van der Waals surface area contributed by atoms with Gasteiger partial charge in [-0.2, -0.15) is 0 Å². The second-order valence-corrected chi connectivity index (χ2v) is 28.2. The fourth-order valence-corrected chi connectivity index (χ4v) is 12.3. The molecule has 0 bridgehead atoms. The Bertz CT molecular complexity index is 1710. The lowest BCUT2D eigenvalue weighted by Gasteiger charge is -2.21. The zero-order chi connectivity index (χ0) is 65.4. The van der Waals surface area contributed by atoms with E-state index in [2.05, 4.69) is 27.7 Å². The number of hydrogen-bond donors (Lipinski definition) is 3. The van der Waals surface area contributed by atoms with Gasteiger partial charge in [0.2, 0.25) is 0 Å². The summed E-state index contributed by atoms with van der Waals surface area (Å²) in [5, 5.41) is 10.6. The topological polar surface area (TPSA) is 237 Å². The van der Waals surface area contributed by atoms with Crippen molar-refractivity contribution in [2.24, 2.45) is 0 Å². The van der Waals surface area contributed by atoms with Crippen LogP contribution in [0.25, 0.3) is 0 Å². The molecule has 0 rings (SSSR count). The summed E-state index contributed by atoms with van der Waals surface area (Å²) in [6.07, 6.45) is 53.0. The van der Waals surface area contributed by atoms with E-state index in [0.717, 1.165) is 103 Å². The summed E-state index contributed by atoms with van der Waals surface area (Å²) >= 11 is 0. The van der Waals surface area contributed by atoms with Gasteiger partial charge in [0.15, 0.2) is 12.2 Å². The van der Waals surface area contributed by atoms with Crippen LogP contribution in [0.15, 0.2) is 0 Å². The lowest BCUT2D eigenvalue weighted by molar-refractivity contribution is -0.161. The number of hydrogen-bond acceptors (Lipinski definition) is 15. The highest BCUT2D eigenvalue weighted by atomic mass is 31.2. The van der Waals surface area contributed by atoms with Gasteiger partial charge in [0.1, 0.15) is 19.3 Å². The molecular formula is C70H136O17P2. The molecule has 89 heavy (non-hydrogen) atoms. The monoisotopic (exact) mass is 1310 g/mol. The Morgan fingerprint density at radius 1 is 0.270 bits per heavy atom. The molecule has 0 aromatic heterocycles. The molecule has 3 N–H and O–H groups in total. The van der Waals surface area contributed by atoms with Gasteiger partial charge in [-0.25, -0.2) is 9.13 Å². The van der Waals surface area contributed by atoms with Crippen LogP contribution in [0.4, 0.5) is 0 Å². The van der Waals surface area contributed by atoms with E-state index in [1.165, 1.54) is 186 Å². The summed E-state index contributed by atoms with van der Waals surface area (Å²) in [4.78, 5) is 72.3. The number of ether oxygens (including phenoxy) is 4. The summed E-state index contributed by atoms with van der Waals surface area (Å²) < 4.78 is 68.1. The SMILES string of the molecule is CCCCCCCCCCCCCCCCCCCCCCCCC(=O)O[C@H](COC(=O)CCCCCCCCCCCC)COP(=O)(O)OC[C@@H](O)COP(=O)(O)OC[C@@H](COC(=O)CCCCCCCCC)OC(=O)CCCCCCCCCCCC. The normalized spacial score (nSPS) is 14.0. The average Bonchev–Trinajstić information content (AvgIpc) is 3.65. The van der Waals surface area contributed by atoms with Crippen LogP contribution in [-0.2, 0) is 65.4 Å². The number of unbranched alkanes of at least 4 members (excludes halogenated alkanes) is 45. The van der Waals surface area contributed by atoms with Gasteiger partial charge in [0.25, 0.3) is 0 Å². The van der Waals surface area contributed by atoms with Crippen LogP contribution in [0.3, 0.4) is 0 Å². The lowest BCUT2D eigenvalue weighted by atomic mass is 10.0. The Morgan fingerprint density at radius 2 is 0.449 bits per heavy atom. The maximum atomic E-state index is 13.0. The molecule has 19 heteroatoms. The third-order valence-electron chi connectivity index (χ3n) is 16.4. The van der Waals surface area contributed by atoms with Crippen LogP contribution in [0.5, 0.6) is 0 Å². The molecule has 0 radical (unpaired) electrons. The Balaban J connectivity index is 5.08. The van der Waals surface area contributed by atoms with Gasteiger partial charge in [0, 0.05) is 25.7 Å². The van der Waals surface area contributed by atoms with E-state index < -0.39 is 97.5 Å². The molecule has 0 aromatic carbocycles. The van der Waals surface area contributed by atoms with Crippen molar-refractivity contribution in [2.75, 3.05) is 39.6 Å². The first-order chi connectivity index (χ1) is 43.2. The highest BCUT2D eigenvalue weighted by Crippen LogP contribution is 2.45. The zero-order valence-corrected chi connectivity index (χ0v) is 59.2. The summed E-state index contributed by atoms with van der Waals surface area (Å²) in [7, 11) is -9.89. The highest BCUT2D eigenvalue weighted by Gasteiger charge is 2.30. The molecule has 0 fully saturated rings. The molecule has 0 heterocycles. The van der Waals surface area contributed by atoms with Crippen molar-refractivity contribution in [1.82, 2.24) is 0 Å². The van der Waals surface area contributed by atoms with Crippen molar-refractivity contribution in [3.63, 3.8) is 0 Å². The van der Waals surface area contributed by atoms with E-state index in [-0.39, 0.29) is 25.7 Å². The van der Waals surface area contributed by atoms with Gasteiger partial charge < -0.3 is 33.8 Å². The highest BCUT2D eigenvalue weighted by molar-refractivity contribution is 7.47. The van der Waals surface area contributed by atoms with E-state index in [1.807, 2.05) is 0 Å². The number of aliphatic hydroxyl groups excluding tert-OH is 1. The third-order valence-corrected chi connectivity index (χ3v) is 18.3. The van der Waals surface area contributed by atoms with Crippen molar-refractivity contribution < 1.29 is 80.2 Å². The summed E-state index contributed by atoms with van der Waals surface area (Å²) in [5.41, 5.74) is 0. The number of phosphoric ester groups is 2. The molecule has 0 spiro atoms. The van der Waals surface area contributed by atoms with Gasteiger partial charge in [-0.15, -0.1) is 0 Å². The van der Waals surface area contributed by atoms with Crippen molar-refractivity contribution in [2.45, 2.75) is 386 Å². The smallest absolute Gasteiger partial charge is 0.462 e. The van der Waals surface area contributed by atoms with Crippen molar-refractivity contribution in [1.29, 1.82) is 0 Å². The van der Waals surface area contributed by atoms with E-state index in [0.29, 0.717) is 25.7 Å². The van der Waals surface area contributed by atoms with Crippen LogP contribution >= 0.6 is 15.6 Å². The molecule has 0 aliphatic rings. The molecule has 0 aromatic rings. The fraction of sp³-hybridized carbons (Fsp3) is 0.943. The predicted octanol–water partition coefficient (Wildman–Crippen LogP) is 20.3. The maximum absolute atomic E-state index is 13.0. The van der Waals surface area contributed by atoms with Crippen LogP contribution in [-0.4, -0.2) is 96.7 Å². The van der Waals surface area contributed by atoms with E-state index >= 15 is 0 Å². The molecule has 0 saturated carbocycles. The van der Waals surface area contributed by atoms with E-state index in [4.69, 9.17) is 37.0 Å². The second-order valence-electron chi connectivity index (χ2n) is 25.3. The second kappa shape index (κ2) is 64.8. The minimum Gasteiger partial charge on any atom is -0.462 e. The molecule has 0 amide bonds. The molecule has 17 nitrogen and oxygen atoms in total. The number of carbonyl (C=O) groups is 4. The standard InChI is InChI=1S/C70H136O17P2/c1-5-9-13-17-21-24-27-28-29-30-31-32-33-34-35-36-37-38-41-45-49-53-57-70(75)87-66(61-81-68(73)55-51-47-43-39-25-22-18-14-10-6-2)63-85-89(78,79)83-59-64(71)58-82-88(76,77)84-62-65(60-80-67(72)54-50-46-42-20-16-12-8-4)86-69(74)56-52-48-44-40-26-23-19-15-11-7-3/h64-66,71H,5-63H2,1-4H3,(H,76,77)(H,78,79)/t64-,65+,66+/m0/s1. The fourth-order valence-electron chi connectivity index (χ4n) is 10.7. The maximum Gasteiger partial charge on any atom is 0.472 e. The molecule has 2 unspecified atom stereocenters. The van der Waals surface area contributed by atoms with Gasteiger partial charge in [-0.3, -0.25) is 37.3 Å². The minimum absolute atomic E-state index is 0.106. The zero-order valence-electron chi connectivity index (χ0n) is 57.4. The molecule has 0 saturated heterocycles. The van der Waals surface area contributed by atoms with E-state index in [9.17, 15) is 43.2 Å². The number of aliphatic hydroxyl groups is 1. The quantitative estimate of drug-likeness (QED) is 0.0222. The van der Waals surface area contributed by atoms with Crippen molar-refractivity contribution in [3.8, 4) is 0 Å². The van der Waals surface area contributed by atoms with Crippen molar-refractivity contribution in [3.05, 3.63) is 0 Å². The van der Waals surface area contributed by atoms with Crippen LogP contribution in [0.2, 0.25) is 0 Å². The third kappa shape index (κ3) is 64.6. The number of esters is 4. The Morgan fingerprint density at radius 3 is 0.663 bits per heavy atom. The first kappa shape index (κ1) is 87.1. The van der Waals surface area contributed by atoms with Crippen LogP contribution in [0, 0.1) is 0 Å². The Kier molecular flexibility index (Phi) is 63.3. The number of rotatable bonds is 71. The predicted molar refractivity (Wildman–Crippen MR) is 359 cm³/mol. The molecule has 5 atom stereocenters. The summed E-state index contributed by atoms with van der Waals surface area (Å²) in [5.74, 6) is -2.13.